The Hall–Kier alpha value is -2.42. The SMILES string of the molecule is Cc1cc(C)c(C#N)c(N(C)Cc2noc(C3CC3)n2)n1. The molecule has 1 aliphatic rings. The van der Waals surface area contributed by atoms with Crippen LogP contribution >= 0.6 is 0 Å². The van der Waals surface area contributed by atoms with Crippen molar-refractivity contribution < 1.29 is 4.52 Å². The van der Waals surface area contributed by atoms with Gasteiger partial charge >= 0.3 is 0 Å². The van der Waals surface area contributed by atoms with Crippen LogP contribution in [0.1, 0.15) is 47.3 Å². The smallest absolute Gasteiger partial charge is 0.229 e. The lowest BCUT2D eigenvalue weighted by molar-refractivity contribution is 0.374. The normalized spacial score (nSPS) is 14.0. The molecule has 108 valence electrons. The Labute approximate surface area is 123 Å². The van der Waals surface area contributed by atoms with Crippen molar-refractivity contribution in [3.8, 4) is 6.07 Å². The molecule has 0 atom stereocenters. The minimum Gasteiger partial charge on any atom is -0.351 e. The molecule has 2 aromatic heterocycles. The van der Waals surface area contributed by atoms with E-state index in [1.807, 2.05) is 31.9 Å². The molecule has 0 unspecified atom stereocenters. The summed E-state index contributed by atoms with van der Waals surface area (Å²) in [5.74, 6) is 2.47. The number of hydrogen-bond donors (Lipinski definition) is 0. The third-order valence-corrected chi connectivity index (χ3v) is 3.59. The van der Waals surface area contributed by atoms with Crippen molar-refractivity contribution in [1.29, 1.82) is 5.26 Å². The Morgan fingerprint density at radius 1 is 1.38 bits per heavy atom. The standard InChI is InChI=1S/C15H17N5O/c1-9-6-10(2)17-14(12(9)7-16)20(3)8-13-18-15(21-19-13)11-4-5-11/h6,11H,4-5,8H2,1-3H3. The number of nitriles is 1. The molecule has 21 heavy (non-hydrogen) atoms. The first-order valence-corrected chi connectivity index (χ1v) is 7.00. The molecule has 0 N–H and O–H groups in total. The van der Waals surface area contributed by atoms with Crippen molar-refractivity contribution in [1.82, 2.24) is 15.1 Å². The van der Waals surface area contributed by atoms with Crippen LogP contribution in [0, 0.1) is 25.2 Å². The van der Waals surface area contributed by atoms with Gasteiger partial charge in [0, 0.05) is 18.7 Å². The molecule has 0 bridgehead atoms. The predicted octanol–water partition coefficient (Wildman–Crippen LogP) is 2.47. The molecule has 1 aliphatic carbocycles. The van der Waals surface area contributed by atoms with Gasteiger partial charge in [0.05, 0.1) is 12.1 Å². The van der Waals surface area contributed by atoms with Crippen LogP contribution in [0.4, 0.5) is 5.82 Å². The highest BCUT2D eigenvalue weighted by atomic mass is 16.5. The van der Waals surface area contributed by atoms with Crippen LogP contribution in [0.5, 0.6) is 0 Å². The van der Waals surface area contributed by atoms with Gasteiger partial charge < -0.3 is 9.42 Å². The van der Waals surface area contributed by atoms with Crippen LogP contribution in [0.15, 0.2) is 10.6 Å². The third kappa shape index (κ3) is 2.72. The maximum Gasteiger partial charge on any atom is 0.229 e. The summed E-state index contributed by atoms with van der Waals surface area (Å²) >= 11 is 0. The zero-order chi connectivity index (χ0) is 15.0. The van der Waals surface area contributed by atoms with Gasteiger partial charge in [-0.1, -0.05) is 5.16 Å². The van der Waals surface area contributed by atoms with E-state index in [2.05, 4.69) is 21.2 Å². The zero-order valence-corrected chi connectivity index (χ0v) is 12.4. The van der Waals surface area contributed by atoms with Crippen LogP contribution in [-0.2, 0) is 6.54 Å². The Bertz CT molecular complexity index is 711. The van der Waals surface area contributed by atoms with Crippen molar-refractivity contribution in [3.63, 3.8) is 0 Å². The van der Waals surface area contributed by atoms with Gasteiger partial charge in [-0.3, -0.25) is 0 Å². The monoisotopic (exact) mass is 283 g/mol. The van der Waals surface area contributed by atoms with Gasteiger partial charge in [-0.25, -0.2) is 4.98 Å². The first-order chi connectivity index (χ1) is 10.1. The van der Waals surface area contributed by atoms with Crippen molar-refractivity contribution in [2.45, 2.75) is 39.2 Å². The van der Waals surface area contributed by atoms with Crippen molar-refractivity contribution in [3.05, 3.63) is 34.6 Å². The molecule has 6 nitrogen and oxygen atoms in total. The van der Waals surface area contributed by atoms with Gasteiger partial charge in [-0.05, 0) is 38.3 Å². The summed E-state index contributed by atoms with van der Waals surface area (Å²) in [7, 11) is 1.88. The van der Waals surface area contributed by atoms with Gasteiger partial charge in [0.1, 0.15) is 11.9 Å². The van der Waals surface area contributed by atoms with E-state index in [9.17, 15) is 5.26 Å². The highest BCUT2D eigenvalue weighted by molar-refractivity contribution is 5.57. The van der Waals surface area contributed by atoms with E-state index in [1.54, 1.807) is 0 Å². The molecular formula is C15H17N5O. The summed E-state index contributed by atoms with van der Waals surface area (Å²) in [6, 6.07) is 4.13. The lowest BCUT2D eigenvalue weighted by Gasteiger charge is -2.18. The van der Waals surface area contributed by atoms with E-state index >= 15 is 0 Å². The van der Waals surface area contributed by atoms with Gasteiger partial charge in [-0.15, -0.1) is 0 Å². The van der Waals surface area contributed by atoms with Crippen LogP contribution in [0.2, 0.25) is 0 Å². The molecular weight excluding hydrogens is 266 g/mol. The second-order valence-corrected chi connectivity index (χ2v) is 5.57. The third-order valence-electron chi connectivity index (χ3n) is 3.59. The fraction of sp³-hybridized carbons (Fsp3) is 0.467. The van der Waals surface area contributed by atoms with E-state index in [0.29, 0.717) is 29.7 Å². The maximum absolute atomic E-state index is 9.32. The van der Waals surface area contributed by atoms with Crippen LogP contribution < -0.4 is 4.90 Å². The van der Waals surface area contributed by atoms with Crippen molar-refractivity contribution in [2.24, 2.45) is 0 Å². The number of pyridine rings is 1. The lowest BCUT2D eigenvalue weighted by Crippen LogP contribution is -2.20. The second-order valence-electron chi connectivity index (χ2n) is 5.57. The van der Waals surface area contributed by atoms with E-state index in [1.165, 1.54) is 0 Å². The number of rotatable bonds is 4. The molecule has 3 rings (SSSR count). The molecule has 2 heterocycles. The molecule has 0 radical (unpaired) electrons. The molecule has 1 saturated carbocycles. The molecule has 0 aliphatic heterocycles. The Morgan fingerprint density at radius 3 is 2.81 bits per heavy atom. The number of aryl methyl sites for hydroxylation is 2. The fourth-order valence-corrected chi connectivity index (χ4v) is 2.35. The van der Waals surface area contributed by atoms with Crippen molar-refractivity contribution in [2.75, 3.05) is 11.9 Å². The quantitative estimate of drug-likeness (QED) is 0.857. The first kappa shape index (κ1) is 13.6. The average Bonchev–Trinajstić information content (AvgIpc) is 3.19. The molecule has 2 aromatic rings. The average molecular weight is 283 g/mol. The molecule has 0 aromatic carbocycles. The molecule has 0 amide bonds. The van der Waals surface area contributed by atoms with E-state index < -0.39 is 0 Å². The Morgan fingerprint density at radius 2 is 2.14 bits per heavy atom. The number of anilines is 1. The van der Waals surface area contributed by atoms with Gasteiger partial charge in [-0.2, -0.15) is 10.2 Å². The highest BCUT2D eigenvalue weighted by Crippen LogP contribution is 2.38. The zero-order valence-electron chi connectivity index (χ0n) is 12.4. The molecule has 1 fully saturated rings. The van der Waals surface area contributed by atoms with Gasteiger partial charge in [0.25, 0.3) is 0 Å². The lowest BCUT2D eigenvalue weighted by atomic mass is 10.1. The topological polar surface area (TPSA) is 78.8 Å². The summed E-state index contributed by atoms with van der Waals surface area (Å²) in [6.45, 7) is 4.32. The summed E-state index contributed by atoms with van der Waals surface area (Å²) in [4.78, 5) is 10.8. The molecule has 0 spiro atoms. The molecule has 0 saturated heterocycles. The van der Waals surface area contributed by atoms with Crippen LogP contribution in [0.25, 0.3) is 0 Å². The van der Waals surface area contributed by atoms with Crippen LogP contribution in [0.3, 0.4) is 0 Å². The second kappa shape index (κ2) is 5.17. The summed E-state index contributed by atoms with van der Waals surface area (Å²) < 4.78 is 5.26. The van der Waals surface area contributed by atoms with Crippen LogP contribution in [-0.4, -0.2) is 22.2 Å². The minimum atomic E-state index is 0.450. The number of nitrogens with zero attached hydrogens (tertiary/aromatic N) is 5. The van der Waals surface area contributed by atoms with E-state index in [-0.39, 0.29) is 0 Å². The number of hydrogen-bond acceptors (Lipinski definition) is 6. The fourth-order valence-electron chi connectivity index (χ4n) is 2.35. The van der Waals surface area contributed by atoms with Gasteiger partial charge in [0.2, 0.25) is 5.89 Å². The van der Waals surface area contributed by atoms with E-state index in [4.69, 9.17) is 4.52 Å². The predicted molar refractivity (Wildman–Crippen MR) is 76.8 cm³/mol. The summed E-state index contributed by atoms with van der Waals surface area (Å²) in [6.07, 6.45) is 2.27. The van der Waals surface area contributed by atoms with E-state index in [0.717, 1.165) is 30.0 Å². The minimum absolute atomic E-state index is 0.450. The molecule has 6 heteroatoms. The highest BCUT2D eigenvalue weighted by Gasteiger charge is 2.29. The van der Waals surface area contributed by atoms with Gasteiger partial charge in [0.15, 0.2) is 5.82 Å². The maximum atomic E-state index is 9.32. The number of aromatic nitrogens is 3. The summed E-state index contributed by atoms with van der Waals surface area (Å²) in [5, 5.41) is 13.3. The Kier molecular flexibility index (Phi) is 3.34. The largest absolute Gasteiger partial charge is 0.351 e. The Balaban J connectivity index is 1.84. The first-order valence-electron chi connectivity index (χ1n) is 7.00. The van der Waals surface area contributed by atoms with Crippen molar-refractivity contribution >= 4 is 5.82 Å². The summed E-state index contributed by atoms with van der Waals surface area (Å²) in [5.41, 5.74) is 2.41.